The molecule has 0 radical (unpaired) electrons. The van der Waals surface area contributed by atoms with Gasteiger partial charge in [0.15, 0.2) is 0 Å². The minimum absolute atomic E-state index is 0.0763. The van der Waals surface area contributed by atoms with Crippen LogP contribution in [0.15, 0.2) is 24.3 Å². The van der Waals surface area contributed by atoms with E-state index in [1.165, 1.54) is 6.42 Å². The van der Waals surface area contributed by atoms with Crippen LogP contribution in [0.3, 0.4) is 0 Å². The van der Waals surface area contributed by atoms with E-state index in [1.807, 2.05) is 12.1 Å². The monoisotopic (exact) mass is 293 g/mol. The summed E-state index contributed by atoms with van der Waals surface area (Å²) in [6.45, 7) is 6.77. The highest BCUT2D eigenvalue weighted by Crippen LogP contribution is 2.34. The Morgan fingerprint density at radius 2 is 2.10 bits per heavy atom. The third-order valence-electron chi connectivity index (χ3n) is 4.69. The summed E-state index contributed by atoms with van der Waals surface area (Å²) in [4.78, 5) is 2.40. The van der Waals surface area contributed by atoms with Crippen molar-refractivity contribution in [2.45, 2.75) is 32.7 Å². The number of piperidine rings is 1. The molecule has 1 aliphatic heterocycles. The molecule has 2 N–H and O–H groups in total. The summed E-state index contributed by atoms with van der Waals surface area (Å²) in [6.07, 6.45) is 2.12. The number of hydrogen-bond acceptors (Lipinski definition) is 4. The van der Waals surface area contributed by atoms with Crippen LogP contribution in [-0.4, -0.2) is 42.6 Å². The Hall–Kier alpha value is -1.26. The van der Waals surface area contributed by atoms with Crippen LogP contribution in [0.5, 0.6) is 5.75 Å². The molecular weight excluding hydrogens is 266 g/mol. The Kier molecular flexibility index (Phi) is 5.88. The summed E-state index contributed by atoms with van der Waals surface area (Å²) in [5, 5.41) is 18.5. The number of aromatic hydroxyl groups is 1. The van der Waals surface area contributed by atoms with Crippen molar-refractivity contribution in [3.8, 4) is 5.75 Å². The summed E-state index contributed by atoms with van der Waals surface area (Å²) in [5.41, 5.74) is 1.08. The van der Waals surface area contributed by atoms with Crippen molar-refractivity contribution in [2.75, 3.05) is 31.3 Å². The SMILES string of the molecule is CC1CCN(c2cccc(O)c2)C(CCOCCO)C1C. The Balaban J connectivity index is 2.08. The molecule has 0 bridgehead atoms. The molecule has 1 saturated heterocycles. The van der Waals surface area contributed by atoms with Gasteiger partial charge in [0, 0.05) is 30.9 Å². The largest absolute Gasteiger partial charge is 0.508 e. The third-order valence-corrected chi connectivity index (χ3v) is 4.69. The summed E-state index contributed by atoms with van der Waals surface area (Å²) in [7, 11) is 0. The van der Waals surface area contributed by atoms with Crippen molar-refractivity contribution >= 4 is 5.69 Å². The fourth-order valence-electron chi connectivity index (χ4n) is 3.22. The highest BCUT2D eigenvalue weighted by atomic mass is 16.5. The lowest BCUT2D eigenvalue weighted by atomic mass is 9.80. The fraction of sp³-hybridized carbons (Fsp3) is 0.647. The van der Waals surface area contributed by atoms with E-state index < -0.39 is 0 Å². The number of benzene rings is 1. The van der Waals surface area contributed by atoms with Crippen LogP contribution in [0, 0.1) is 11.8 Å². The van der Waals surface area contributed by atoms with Gasteiger partial charge in [0.2, 0.25) is 0 Å². The standard InChI is InChI=1S/C17H27NO3/c1-13-6-8-18(15-4-3-5-16(20)12-15)17(14(13)2)7-10-21-11-9-19/h3-5,12-14,17,19-20H,6-11H2,1-2H3. The highest BCUT2D eigenvalue weighted by Gasteiger charge is 2.32. The average molecular weight is 293 g/mol. The predicted molar refractivity (Wildman–Crippen MR) is 84.7 cm³/mol. The number of ether oxygens (including phenoxy) is 1. The van der Waals surface area contributed by atoms with Crippen molar-refractivity contribution in [1.29, 1.82) is 0 Å². The van der Waals surface area contributed by atoms with Gasteiger partial charge in [-0.2, -0.15) is 0 Å². The van der Waals surface area contributed by atoms with Crippen LogP contribution in [0.1, 0.15) is 26.7 Å². The molecule has 21 heavy (non-hydrogen) atoms. The molecule has 0 spiro atoms. The van der Waals surface area contributed by atoms with Crippen molar-refractivity contribution in [3.63, 3.8) is 0 Å². The lowest BCUT2D eigenvalue weighted by Crippen LogP contribution is -2.48. The quantitative estimate of drug-likeness (QED) is 0.792. The lowest BCUT2D eigenvalue weighted by Gasteiger charge is -2.45. The molecule has 1 heterocycles. The van der Waals surface area contributed by atoms with Gasteiger partial charge in [-0.1, -0.05) is 19.9 Å². The molecule has 3 atom stereocenters. The minimum atomic E-state index is 0.0763. The first-order chi connectivity index (χ1) is 10.1. The van der Waals surface area contributed by atoms with Gasteiger partial charge >= 0.3 is 0 Å². The summed E-state index contributed by atoms with van der Waals surface area (Å²) in [5.74, 6) is 1.59. The molecule has 2 rings (SSSR count). The van der Waals surface area contributed by atoms with Gasteiger partial charge in [-0.15, -0.1) is 0 Å². The number of aliphatic hydroxyl groups excluding tert-OH is 1. The van der Waals surface area contributed by atoms with Crippen molar-refractivity contribution in [1.82, 2.24) is 0 Å². The van der Waals surface area contributed by atoms with E-state index in [2.05, 4.69) is 24.8 Å². The van der Waals surface area contributed by atoms with Gasteiger partial charge in [-0.05, 0) is 36.8 Å². The fourth-order valence-corrected chi connectivity index (χ4v) is 3.22. The molecule has 118 valence electrons. The third kappa shape index (κ3) is 4.11. The van der Waals surface area contributed by atoms with E-state index in [1.54, 1.807) is 6.07 Å². The number of nitrogens with zero attached hydrogens (tertiary/aromatic N) is 1. The van der Waals surface area contributed by atoms with E-state index in [9.17, 15) is 5.11 Å². The van der Waals surface area contributed by atoms with Gasteiger partial charge in [0.1, 0.15) is 5.75 Å². The number of aliphatic hydroxyl groups is 1. The second-order valence-corrected chi connectivity index (χ2v) is 6.03. The smallest absolute Gasteiger partial charge is 0.117 e. The van der Waals surface area contributed by atoms with Gasteiger partial charge in [-0.25, -0.2) is 0 Å². The zero-order valence-electron chi connectivity index (χ0n) is 13.0. The number of anilines is 1. The second kappa shape index (κ2) is 7.66. The lowest BCUT2D eigenvalue weighted by molar-refractivity contribution is 0.0795. The summed E-state index contributed by atoms with van der Waals surface area (Å²) in [6, 6.07) is 7.91. The van der Waals surface area contributed by atoms with Crippen LogP contribution in [0.2, 0.25) is 0 Å². The average Bonchev–Trinajstić information content (AvgIpc) is 2.47. The van der Waals surface area contributed by atoms with Crippen LogP contribution in [0.25, 0.3) is 0 Å². The normalized spacial score (nSPS) is 26.0. The second-order valence-electron chi connectivity index (χ2n) is 6.03. The molecule has 0 amide bonds. The Morgan fingerprint density at radius 1 is 1.29 bits per heavy atom. The van der Waals surface area contributed by atoms with E-state index in [0.29, 0.717) is 36.8 Å². The molecule has 1 aromatic carbocycles. The summed E-state index contributed by atoms with van der Waals surface area (Å²) >= 11 is 0. The Morgan fingerprint density at radius 3 is 2.81 bits per heavy atom. The van der Waals surface area contributed by atoms with E-state index in [4.69, 9.17) is 9.84 Å². The van der Waals surface area contributed by atoms with Gasteiger partial charge < -0.3 is 19.8 Å². The Bertz CT molecular complexity index is 438. The zero-order chi connectivity index (χ0) is 15.2. The van der Waals surface area contributed by atoms with Gasteiger partial charge in [-0.3, -0.25) is 0 Å². The number of phenols is 1. The number of hydrogen-bond donors (Lipinski definition) is 2. The first-order valence-corrected chi connectivity index (χ1v) is 7.87. The van der Waals surface area contributed by atoms with Gasteiger partial charge in [0.25, 0.3) is 0 Å². The first kappa shape index (κ1) is 16.1. The van der Waals surface area contributed by atoms with E-state index >= 15 is 0 Å². The maximum atomic E-state index is 9.71. The van der Waals surface area contributed by atoms with E-state index in [0.717, 1.165) is 18.7 Å². The molecule has 1 aromatic rings. The molecule has 0 aliphatic carbocycles. The van der Waals surface area contributed by atoms with Crippen LogP contribution in [-0.2, 0) is 4.74 Å². The highest BCUT2D eigenvalue weighted by molar-refractivity contribution is 5.51. The minimum Gasteiger partial charge on any atom is -0.508 e. The maximum Gasteiger partial charge on any atom is 0.117 e. The number of phenolic OH excluding ortho intramolecular Hbond substituents is 1. The molecule has 4 nitrogen and oxygen atoms in total. The van der Waals surface area contributed by atoms with Gasteiger partial charge in [0.05, 0.1) is 13.2 Å². The predicted octanol–water partition coefficient (Wildman–Crippen LogP) is 2.64. The van der Waals surface area contributed by atoms with E-state index in [-0.39, 0.29) is 6.61 Å². The van der Waals surface area contributed by atoms with Crippen molar-refractivity contribution in [2.24, 2.45) is 11.8 Å². The molecule has 3 unspecified atom stereocenters. The van der Waals surface area contributed by atoms with Crippen LogP contribution >= 0.6 is 0 Å². The number of rotatable bonds is 6. The molecule has 0 aromatic heterocycles. The first-order valence-electron chi connectivity index (χ1n) is 7.87. The topological polar surface area (TPSA) is 52.9 Å². The van der Waals surface area contributed by atoms with Crippen LogP contribution < -0.4 is 4.90 Å². The Labute approximate surface area is 127 Å². The maximum absolute atomic E-state index is 9.71. The molecule has 4 heteroatoms. The zero-order valence-corrected chi connectivity index (χ0v) is 13.0. The molecule has 0 saturated carbocycles. The molecule has 1 fully saturated rings. The van der Waals surface area contributed by atoms with Crippen molar-refractivity contribution < 1.29 is 14.9 Å². The molecule has 1 aliphatic rings. The summed E-state index contributed by atoms with van der Waals surface area (Å²) < 4.78 is 5.45. The molecular formula is C17H27NO3. The van der Waals surface area contributed by atoms with Crippen molar-refractivity contribution in [3.05, 3.63) is 24.3 Å². The van der Waals surface area contributed by atoms with Crippen LogP contribution in [0.4, 0.5) is 5.69 Å².